The standard InChI is InChI=1S/C35H25N3S/c1-37-34(36)38-29-19-11-9-16-24(29)25-20-21-27-30-32(39-33(27)31(25)38)26-17-8-10-18-28(26)35(30,22-12-4-2-5-13-22)23-14-6-3-7-15-23/h2-21H,1H3,(H2,36,37). The largest absolute Gasteiger partial charge is 0.359 e. The lowest BCUT2D eigenvalue weighted by molar-refractivity contribution is 0.776. The van der Waals surface area contributed by atoms with E-state index in [0.29, 0.717) is 5.96 Å². The average Bonchev–Trinajstić information content (AvgIpc) is 3.64. The molecule has 0 bridgehead atoms. The first kappa shape index (κ1) is 22.3. The van der Waals surface area contributed by atoms with Crippen molar-refractivity contribution < 1.29 is 0 Å². The number of para-hydroxylation sites is 1. The summed E-state index contributed by atoms with van der Waals surface area (Å²) < 4.78 is 3.30. The Labute approximate surface area is 230 Å². The quantitative estimate of drug-likeness (QED) is 0.175. The molecule has 5 aromatic carbocycles. The van der Waals surface area contributed by atoms with Gasteiger partial charge >= 0.3 is 0 Å². The molecular formula is C35H25N3S. The molecule has 186 valence electrons. The molecule has 0 radical (unpaired) electrons. The van der Waals surface area contributed by atoms with Crippen molar-refractivity contribution in [2.45, 2.75) is 5.41 Å². The molecule has 39 heavy (non-hydrogen) atoms. The van der Waals surface area contributed by atoms with Gasteiger partial charge in [-0.25, -0.2) is 0 Å². The molecule has 0 saturated carbocycles. The van der Waals surface area contributed by atoms with Gasteiger partial charge in [-0.15, -0.1) is 11.3 Å². The fourth-order valence-electron chi connectivity index (χ4n) is 6.79. The molecule has 0 unspecified atom stereocenters. The van der Waals surface area contributed by atoms with Crippen LogP contribution in [0.15, 0.2) is 121 Å². The van der Waals surface area contributed by atoms with Gasteiger partial charge in [-0.2, -0.15) is 0 Å². The molecule has 3 nitrogen and oxygen atoms in total. The number of hydrogen-bond donors (Lipinski definition) is 2. The van der Waals surface area contributed by atoms with Gasteiger partial charge in [0, 0.05) is 28.1 Å². The highest BCUT2D eigenvalue weighted by Gasteiger charge is 2.48. The second kappa shape index (κ2) is 8.16. The number of nitrogens with one attached hydrogen (secondary N) is 2. The van der Waals surface area contributed by atoms with Crippen LogP contribution in [0.1, 0.15) is 22.3 Å². The van der Waals surface area contributed by atoms with E-state index >= 15 is 0 Å². The maximum atomic E-state index is 8.87. The van der Waals surface area contributed by atoms with Crippen molar-refractivity contribution in [3.05, 3.63) is 144 Å². The first-order valence-electron chi connectivity index (χ1n) is 13.2. The van der Waals surface area contributed by atoms with Crippen molar-refractivity contribution >= 4 is 49.2 Å². The smallest absolute Gasteiger partial charge is 0.200 e. The molecular weight excluding hydrogens is 494 g/mol. The van der Waals surface area contributed by atoms with Gasteiger partial charge < -0.3 is 5.32 Å². The Kier molecular flexibility index (Phi) is 4.67. The van der Waals surface area contributed by atoms with E-state index in [1.165, 1.54) is 53.6 Å². The fourth-order valence-corrected chi connectivity index (χ4v) is 8.23. The molecule has 2 heterocycles. The molecule has 2 aromatic heterocycles. The van der Waals surface area contributed by atoms with Gasteiger partial charge in [-0.1, -0.05) is 115 Å². The molecule has 0 aliphatic heterocycles. The van der Waals surface area contributed by atoms with Gasteiger partial charge in [0.05, 0.1) is 21.1 Å². The van der Waals surface area contributed by atoms with Gasteiger partial charge in [-0.3, -0.25) is 9.98 Å². The SMILES string of the molecule is CNC(=N)n1c2ccccc2c2ccc3c4c(sc3c21)-c1ccccc1C4(c1ccccc1)c1ccccc1. The normalized spacial score (nSPS) is 13.6. The van der Waals surface area contributed by atoms with Crippen LogP contribution in [0, 0.1) is 5.41 Å². The minimum atomic E-state index is -0.437. The molecule has 1 aliphatic carbocycles. The summed E-state index contributed by atoms with van der Waals surface area (Å²) in [6.45, 7) is 0. The highest BCUT2D eigenvalue weighted by Crippen LogP contribution is 2.61. The maximum Gasteiger partial charge on any atom is 0.200 e. The van der Waals surface area contributed by atoms with Crippen molar-refractivity contribution in [1.82, 2.24) is 9.88 Å². The van der Waals surface area contributed by atoms with Crippen molar-refractivity contribution in [1.29, 1.82) is 5.41 Å². The molecule has 1 aliphatic rings. The minimum Gasteiger partial charge on any atom is -0.359 e. The zero-order chi connectivity index (χ0) is 26.1. The van der Waals surface area contributed by atoms with E-state index in [0.717, 1.165) is 11.0 Å². The van der Waals surface area contributed by atoms with E-state index < -0.39 is 5.41 Å². The number of aromatic nitrogens is 1. The van der Waals surface area contributed by atoms with E-state index in [-0.39, 0.29) is 0 Å². The summed E-state index contributed by atoms with van der Waals surface area (Å²) >= 11 is 1.86. The van der Waals surface area contributed by atoms with Crippen LogP contribution >= 0.6 is 11.3 Å². The van der Waals surface area contributed by atoms with Gasteiger partial charge in [0.15, 0.2) is 5.96 Å². The van der Waals surface area contributed by atoms with Gasteiger partial charge in [0.25, 0.3) is 0 Å². The van der Waals surface area contributed by atoms with Gasteiger partial charge in [-0.05, 0) is 33.9 Å². The van der Waals surface area contributed by atoms with E-state index in [2.05, 4.69) is 131 Å². The second-order valence-electron chi connectivity index (χ2n) is 10.1. The van der Waals surface area contributed by atoms with Crippen molar-refractivity contribution in [3.8, 4) is 10.4 Å². The Hall–Kier alpha value is -4.67. The average molecular weight is 520 g/mol. The summed E-state index contributed by atoms with van der Waals surface area (Å²) in [4.78, 5) is 1.31. The van der Waals surface area contributed by atoms with Gasteiger partial charge in [0.2, 0.25) is 0 Å². The maximum absolute atomic E-state index is 8.87. The molecule has 0 fully saturated rings. The molecule has 0 spiro atoms. The van der Waals surface area contributed by atoms with Crippen LogP contribution in [-0.2, 0) is 5.41 Å². The zero-order valence-corrected chi connectivity index (χ0v) is 22.2. The molecule has 7 aromatic rings. The number of fused-ring (bicyclic) bond motifs is 9. The lowest BCUT2D eigenvalue weighted by atomic mass is 9.67. The van der Waals surface area contributed by atoms with E-state index in [9.17, 15) is 0 Å². The summed E-state index contributed by atoms with van der Waals surface area (Å²) in [7, 11) is 1.82. The third-order valence-corrected chi connectivity index (χ3v) is 9.56. The molecule has 0 amide bonds. The Balaban J connectivity index is 1.60. The zero-order valence-electron chi connectivity index (χ0n) is 21.4. The van der Waals surface area contributed by atoms with Gasteiger partial charge in [0.1, 0.15) is 0 Å². The van der Waals surface area contributed by atoms with Crippen LogP contribution in [0.3, 0.4) is 0 Å². The van der Waals surface area contributed by atoms with Crippen LogP contribution in [0.25, 0.3) is 42.3 Å². The Morgan fingerprint density at radius 3 is 2.03 bits per heavy atom. The minimum absolute atomic E-state index is 0.375. The first-order valence-corrected chi connectivity index (χ1v) is 14.0. The topological polar surface area (TPSA) is 40.8 Å². The van der Waals surface area contributed by atoms with Crippen molar-refractivity contribution in [3.63, 3.8) is 0 Å². The second-order valence-corrected chi connectivity index (χ2v) is 11.1. The lowest BCUT2D eigenvalue weighted by Crippen LogP contribution is -2.28. The Morgan fingerprint density at radius 2 is 1.31 bits per heavy atom. The third kappa shape index (κ3) is 2.79. The summed E-state index contributed by atoms with van der Waals surface area (Å²) in [6, 6.07) is 43.8. The monoisotopic (exact) mass is 519 g/mol. The van der Waals surface area contributed by atoms with Crippen LogP contribution in [0.2, 0.25) is 0 Å². The van der Waals surface area contributed by atoms with E-state index in [4.69, 9.17) is 5.41 Å². The number of nitrogens with zero attached hydrogens (tertiary/aromatic N) is 1. The molecule has 8 rings (SSSR count). The van der Waals surface area contributed by atoms with Crippen molar-refractivity contribution in [2.24, 2.45) is 0 Å². The number of rotatable bonds is 2. The number of thiophene rings is 1. The van der Waals surface area contributed by atoms with Crippen LogP contribution in [0.4, 0.5) is 0 Å². The highest BCUT2D eigenvalue weighted by molar-refractivity contribution is 7.23. The lowest BCUT2D eigenvalue weighted by Gasteiger charge is -2.33. The first-order chi connectivity index (χ1) is 19.2. The Morgan fingerprint density at radius 1 is 0.692 bits per heavy atom. The van der Waals surface area contributed by atoms with Crippen LogP contribution in [-0.4, -0.2) is 17.6 Å². The predicted octanol–water partition coefficient (Wildman–Crippen LogP) is 8.37. The number of benzene rings is 5. The molecule has 4 heteroatoms. The summed E-state index contributed by atoms with van der Waals surface area (Å²) in [5, 5.41) is 15.6. The predicted molar refractivity (Wildman–Crippen MR) is 164 cm³/mol. The Bertz CT molecular complexity index is 2030. The van der Waals surface area contributed by atoms with E-state index in [1.807, 2.05) is 18.4 Å². The van der Waals surface area contributed by atoms with Crippen molar-refractivity contribution in [2.75, 3.05) is 7.05 Å². The summed E-state index contributed by atoms with van der Waals surface area (Å²) in [6.07, 6.45) is 0. The fraction of sp³-hybridized carbons (Fsp3) is 0.0571. The summed E-state index contributed by atoms with van der Waals surface area (Å²) in [5.74, 6) is 0.375. The third-order valence-electron chi connectivity index (χ3n) is 8.32. The summed E-state index contributed by atoms with van der Waals surface area (Å²) in [5.41, 5.74) is 8.21. The molecule has 0 atom stereocenters. The van der Waals surface area contributed by atoms with Crippen LogP contribution < -0.4 is 5.32 Å². The highest BCUT2D eigenvalue weighted by atomic mass is 32.1. The molecule has 2 N–H and O–H groups in total. The van der Waals surface area contributed by atoms with E-state index in [1.54, 1.807) is 0 Å². The number of hydrogen-bond acceptors (Lipinski definition) is 2. The molecule has 0 saturated heterocycles. The van der Waals surface area contributed by atoms with Crippen LogP contribution in [0.5, 0.6) is 0 Å².